The van der Waals surface area contributed by atoms with Crippen molar-refractivity contribution in [2.45, 2.75) is 38.0 Å². The fraction of sp³-hybridized carbons (Fsp3) is 0.400. The number of allylic oxidation sites excluding steroid dienone is 1. The SMILES string of the molecule is C=C(C)c1cc(F)c(SC(CCCC)=NC)c(F)c1. The Morgan fingerprint density at radius 2 is 1.89 bits per heavy atom. The minimum absolute atomic E-state index is 0.0155. The van der Waals surface area contributed by atoms with Crippen molar-refractivity contribution in [3.63, 3.8) is 0 Å². The van der Waals surface area contributed by atoms with Crippen LogP contribution in [0.2, 0.25) is 0 Å². The summed E-state index contributed by atoms with van der Waals surface area (Å²) in [5.74, 6) is -1.11. The summed E-state index contributed by atoms with van der Waals surface area (Å²) in [6.45, 7) is 7.48. The van der Waals surface area contributed by atoms with Crippen molar-refractivity contribution in [1.29, 1.82) is 0 Å². The molecule has 0 aliphatic rings. The first kappa shape index (κ1) is 15.9. The topological polar surface area (TPSA) is 12.4 Å². The Morgan fingerprint density at radius 1 is 1.32 bits per heavy atom. The fourth-order valence-electron chi connectivity index (χ4n) is 1.56. The van der Waals surface area contributed by atoms with E-state index >= 15 is 0 Å². The number of aliphatic imine (C=N–C) groups is 1. The average molecular weight is 283 g/mol. The normalized spacial score (nSPS) is 11.7. The van der Waals surface area contributed by atoms with Crippen molar-refractivity contribution >= 4 is 22.4 Å². The molecular formula is C15H19F2NS. The lowest BCUT2D eigenvalue weighted by atomic mass is 10.1. The molecule has 1 nitrogen and oxygen atoms in total. The molecule has 19 heavy (non-hydrogen) atoms. The Hall–Kier alpha value is -1.16. The number of hydrogen-bond acceptors (Lipinski definition) is 2. The van der Waals surface area contributed by atoms with Crippen LogP contribution in [-0.4, -0.2) is 12.1 Å². The number of nitrogens with zero attached hydrogens (tertiary/aromatic N) is 1. The van der Waals surface area contributed by atoms with Crippen LogP contribution in [0.5, 0.6) is 0 Å². The minimum Gasteiger partial charge on any atom is -0.286 e. The van der Waals surface area contributed by atoms with Gasteiger partial charge in [0, 0.05) is 7.05 Å². The van der Waals surface area contributed by atoms with Gasteiger partial charge in [0.1, 0.15) is 11.6 Å². The number of thioether (sulfide) groups is 1. The molecule has 0 N–H and O–H groups in total. The molecule has 1 aromatic carbocycles. The van der Waals surface area contributed by atoms with E-state index in [4.69, 9.17) is 0 Å². The Balaban J connectivity index is 2.98. The molecule has 0 unspecified atom stereocenters. The number of unbranched alkanes of at least 4 members (excludes halogenated alkanes) is 1. The van der Waals surface area contributed by atoms with Crippen molar-refractivity contribution in [3.05, 3.63) is 35.9 Å². The molecule has 0 saturated carbocycles. The van der Waals surface area contributed by atoms with Gasteiger partial charge in [-0.15, -0.1) is 0 Å². The van der Waals surface area contributed by atoms with Crippen molar-refractivity contribution in [3.8, 4) is 0 Å². The molecule has 0 bridgehead atoms. The van der Waals surface area contributed by atoms with Crippen LogP contribution in [0.15, 0.2) is 28.6 Å². The summed E-state index contributed by atoms with van der Waals surface area (Å²) in [4.78, 5) is 4.10. The summed E-state index contributed by atoms with van der Waals surface area (Å²) in [6.07, 6.45) is 2.74. The van der Waals surface area contributed by atoms with Gasteiger partial charge >= 0.3 is 0 Å². The molecule has 104 valence electrons. The highest BCUT2D eigenvalue weighted by Gasteiger charge is 2.14. The lowest BCUT2D eigenvalue weighted by Gasteiger charge is -2.09. The van der Waals surface area contributed by atoms with Gasteiger partial charge in [0.15, 0.2) is 0 Å². The summed E-state index contributed by atoms with van der Waals surface area (Å²) in [5, 5.41) is 0.753. The first-order chi connectivity index (χ1) is 8.99. The molecule has 1 aromatic rings. The van der Waals surface area contributed by atoms with Gasteiger partial charge in [-0.3, -0.25) is 4.99 Å². The maximum atomic E-state index is 13.9. The standard InChI is InChI=1S/C15H19F2NS/c1-5-6-7-14(18-4)19-15-12(16)8-11(10(2)3)9-13(15)17/h8-9H,2,5-7H2,1,3-4H3. The molecule has 0 fully saturated rings. The molecule has 1 rings (SSSR count). The van der Waals surface area contributed by atoms with Gasteiger partial charge in [-0.25, -0.2) is 8.78 Å². The van der Waals surface area contributed by atoms with E-state index in [2.05, 4.69) is 18.5 Å². The van der Waals surface area contributed by atoms with E-state index in [1.807, 2.05) is 0 Å². The molecule has 0 heterocycles. The number of rotatable bonds is 5. The molecule has 0 aromatic heterocycles. The second-order valence-corrected chi connectivity index (χ2v) is 5.46. The zero-order valence-electron chi connectivity index (χ0n) is 11.6. The molecule has 0 amide bonds. The van der Waals surface area contributed by atoms with E-state index in [0.717, 1.165) is 36.1 Å². The average Bonchev–Trinajstić information content (AvgIpc) is 2.37. The van der Waals surface area contributed by atoms with Crippen molar-refractivity contribution in [2.24, 2.45) is 4.99 Å². The lowest BCUT2D eigenvalue weighted by molar-refractivity contribution is 0.540. The summed E-state index contributed by atoms with van der Waals surface area (Å²) in [7, 11) is 1.65. The maximum absolute atomic E-state index is 13.9. The predicted octanol–water partition coefficient (Wildman–Crippen LogP) is 5.31. The Bertz CT molecular complexity index is 472. The first-order valence-corrected chi connectivity index (χ1v) is 7.09. The summed E-state index contributed by atoms with van der Waals surface area (Å²) in [5.41, 5.74) is 1.13. The predicted molar refractivity (Wildman–Crippen MR) is 79.8 cm³/mol. The fourth-order valence-corrected chi connectivity index (χ4v) is 2.44. The molecule has 0 saturated heterocycles. The number of hydrogen-bond donors (Lipinski definition) is 0. The van der Waals surface area contributed by atoms with Gasteiger partial charge in [-0.05, 0) is 37.5 Å². The second kappa shape index (κ2) is 7.43. The van der Waals surface area contributed by atoms with E-state index < -0.39 is 11.6 Å². The molecule has 0 atom stereocenters. The summed E-state index contributed by atoms with van der Waals surface area (Å²) in [6, 6.07) is 2.64. The van der Waals surface area contributed by atoms with Crippen LogP contribution < -0.4 is 0 Å². The molecular weight excluding hydrogens is 264 g/mol. The molecule has 0 spiro atoms. The Labute approximate surface area is 117 Å². The van der Waals surface area contributed by atoms with E-state index in [1.165, 1.54) is 12.1 Å². The number of benzene rings is 1. The Morgan fingerprint density at radius 3 is 2.32 bits per heavy atom. The summed E-state index contributed by atoms with van der Waals surface area (Å²) >= 11 is 1.07. The molecule has 0 aliphatic carbocycles. The highest BCUT2D eigenvalue weighted by atomic mass is 32.2. The molecule has 0 aliphatic heterocycles. The van der Waals surface area contributed by atoms with Crippen LogP contribution in [-0.2, 0) is 0 Å². The lowest BCUT2D eigenvalue weighted by Crippen LogP contribution is -1.97. The second-order valence-electron chi connectivity index (χ2n) is 4.37. The first-order valence-electron chi connectivity index (χ1n) is 6.28. The van der Waals surface area contributed by atoms with Crippen LogP contribution in [0, 0.1) is 11.6 Å². The van der Waals surface area contributed by atoms with Crippen LogP contribution in [0.25, 0.3) is 5.57 Å². The number of halogens is 2. The van der Waals surface area contributed by atoms with Crippen LogP contribution in [0.3, 0.4) is 0 Å². The monoisotopic (exact) mass is 283 g/mol. The third kappa shape index (κ3) is 4.46. The van der Waals surface area contributed by atoms with Gasteiger partial charge in [-0.1, -0.05) is 37.3 Å². The quantitative estimate of drug-likeness (QED) is 0.405. The zero-order chi connectivity index (χ0) is 14.4. The highest BCUT2D eigenvalue weighted by Crippen LogP contribution is 2.30. The smallest absolute Gasteiger partial charge is 0.140 e. The maximum Gasteiger partial charge on any atom is 0.140 e. The van der Waals surface area contributed by atoms with Gasteiger partial charge in [0.05, 0.1) is 9.94 Å². The van der Waals surface area contributed by atoms with Crippen LogP contribution in [0.4, 0.5) is 8.78 Å². The van der Waals surface area contributed by atoms with E-state index in [1.54, 1.807) is 14.0 Å². The molecule has 4 heteroatoms. The van der Waals surface area contributed by atoms with Crippen LogP contribution >= 0.6 is 11.8 Å². The van der Waals surface area contributed by atoms with Crippen molar-refractivity contribution < 1.29 is 8.78 Å². The van der Waals surface area contributed by atoms with Crippen molar-refractivity contribution in [2.75, 3.05) is 7.05 Å². The van der Waals surface area contributed by atoms with E-state index in [9.17, 15) is 8.78 Å². The van der Waals surface area contributed by atoms with Gasteiger partial charge < -0.3 is 0 Å². The Kier molecular flexibility index (Phi) is 6.22. The molecule has 0 radical (unpaired) electrons. The van der Waals surface area contributed by atoms with Gasteiger partial charge in [0.25, 0.3) is 0 Å². The zero-order valence-corrected chi connectivity index (χ0v) is 12.4. The van der Waals surface area contributed by atoms with E-state index in [0.29, 0.717) is 11.1 Å². The third-order valence-corrected chi connectivity index (χ3v) is 3.92. The highest BCUT2D eigenvalue weighted by molar-refractivity contribution is 8.14. The third-order valence-electron chi connectivity index (χ3n) is 2.70. The van der Waals surface area contributed by atoms with Crippen LogP contribution in [0.1, 0.15) is 38.7 Å². The van der Waals surface area contributed by atoms with Crippen molar-refractivity contribution in [1.82, 2.24) is 0 Å². The largest absolute Gasteiger partial charge is 0.286 e. The van der Waals surface area contributed by atoms with E-state index in [-0.39, 0.29) is 4.90 Å². The minimum atomic E-state index is -0.555. The summed E-state index contributed by atoms with van der Waals surface area (Å²) < 4.78 is 27.9. The van der Waals surface area contributed by atoms with Gasteiger partial charge in [-0.2, -0.15) is 0 Å². The van der Waals surface area contributed by atoms with Gasteiger partial charge in [0.2, 0.25) is 0 Å².